The second-order valence-electron chi connectivity index (χ2n) is 2.77. The number of aromatic amines is 1. The average molecular weight is 184 g/mol. The van der Waals surface area contributed by atoms with Crippen LogP contribution in [0, 0.1) is 6.92 Å². The van der Waals surface area contributed by atoms with Crippen molar-refractivity contribution in [1.29, 1.82) is 0 Å². The Morgan fingerprint density at radius 3 is 2.85 bits per heavy atom. The number of aryl methyl sites for hydroxylation is 1. The molecule has 0 aliphatic rings. The summed E-state index contributed by atoms with van der Waals surface area (Å²) in [5, 5.41) is 2.52. The summed E-state index contributed by atoms with van der Waals surface area (Å²) in [6.45, 7) is 3.51. The van der Waals surface area contributed by atoms with Crippen molar-refractivity contribution in [1.82, 2.24) is 9.94 Å². The molecule has 0 atom stereocenters. The van der Waals surface area contributed by atoms with Gasteiger partial charge in [0.1, 0.15) is 0 Å². The third-order valence-electron chi connectivity index (χ3n) is 1.57. The number of nitrogens with zero attached hydrogens (tertiary/aromatic N) is 1. The van der Waals surface area contributed by atoms with Crippen LogP contribution in [0.4, 0.5) is 0 Å². The van der Waals surface area contributed by atoms with Crippen molar-refractivity contribution < 1.29 is 9.63 Å². The second-order valence-corrected chi connectivity index (χ2v) is 2.77. The first-order valence-electron chi connectivity index (χ1n) is 4.13. The van der Waals surface area contributed by atoms with Gasteiger partial charge >= 0.3 is 11.5 Å². The van der Waals surface area contributed by atoms with Gasteiger partial charge in [0.25, 0.3) is 0 Å². The monoisotopic (exact) mass is 184 g/mol. The minimum absolute atomic E-state index is 0.310. The summed E-state index contributed by atoms with van der Waals surface area (Å²) in [6, 6.07) is 0. The lowest BCUT2D eigenvalue weighted by Gasteiger charge is -2.00. The predicted molar refractivity (Wildman–Crippen MR) is 46.3 cm³/mol. The lowest BCUT2D eigenvalue weighted by atomic mass is 10.3. The van der Waals surface area contributed by atoms with E-state index in [9.17, 15) is 9.59 Å². The lowest BCUT2D eigenvalue weighted by Crippen LogP contribution is -2.29. The molecular formula is C8H12N2O3. The quantitative estimate of drug-likeness (QED) is 0.731. The standard InChI is InChI=1S/C8H12N2O3/c1-3-4-7(11)13-10-8(12)6(2)5-9-10/h5,9H,3-4H2,1-2H3. The van der Waals surface area contributed by atoms with Crippen molar-refractivity contribution in [2.75, 3.05) is 0 Å². The molecule has 1 aromatic heterocycles. The van der Waals surface area contributed by atoms with E-state index in [1.165, 1.54) is 6.20 Å². The molecule has 1 rings (SSSR count). The fourth-order valence-corrected chi connectivity index (χ4v) is 0.855. The van der Waals surface area contributed by atoms with Gasteiger partial charge in [-0.1, -0.05) is 11.8 Å². The maximum Gasteiger partial charge on any atom is 0.335 e. The Morgan fingerprint density at radius 2 is 2.38 bits per heavy atom. The minimum Gasteiger partial charge on any atom is -0.317 e. The molecule has 0 radical (unpaired) electrons. The topological polar surface area (TPSA) is 64.1 Å². The molecule has 13 heavy (non-hydrogen) atoms. The number of rotatable bonds is 3. The average Bonchev–Trinajstić information content (AvgIpc) is 2.37. The van der Waals surface area contributed by atoms with E-state index in [0.29, 0.717) is 18.4 Å². The van der Waals surface area contributed by atoms with Gasteiger partial charge in [0.05, 0.1) is 0 Å². The normalized spacial score (nSPS) is 10.0. The van der Waals surface area contributed by atoms with Gasteiger partial charge in [0, 0.05) is 18.2 Å². The van der Waals surface area contributed by atoms with Crippen LogP contribution in [-0.4, -0.2) is 15.9 Å². The zero-order valence-electron chi connectivity index (χ0n) is 7.66. The number of hydrogen-bond donors (Lipinski definition) is 1. The minimum atomic E-state index is -0.411. The van der Waals surface area contributed by atoms with Crippen molar-refractivity contribution in [3.05, 3.63) is 22.1 Å². The third-order valence-corrected chi connectivity index (χ3v) is 1.57. The second kappa shape index (κ2) is 3.93. The summed E-state index contributed by atoms with van der Waals surface area (Å²) in [6.07, 6.45) is 2.50. The van der Waals surface area contributed by atoms with Crippen LogP contribution >= 0.6 is 0 Å². The molecule has 1 aromatic rings. The van der Waals surface area contributed by atoms with Gasteiger partial charge in [-0.05, 0) is 13.3 Å². The molecule has 0 aliphatic heterocycles. The number of carbonyl (C=O) groups is 1. The van der Waals surface area contributed by atoms with Crippen LogP contribution in [0.2, 0.25) is 0 Å². The summed E-state index contributed by atoms with van der Waals surface area (Å²) in [7, 11) is 0. The van der Waals surface area contributed by atoms with Gasteiger partial charge in [-0.2, -0.15) is 0 Å². The fraction of sp³-hybridized carbons (Fsp3) is 0.500. The smallest absolute Gasteiger partial charge is 0.317 e. The lowest BCUT2D eigenvalue weighted by molar-refractivity contribution is -0.146. The molecule has 0 aromatic carbocycles. The van der Waals surface area contributed by atoms with Gasteiger partial charge in [-0.3, -0.25) is 9.89 Å². The fourth-order valence-electron chi connectivity index (χ4n) is 0.855. The Morgan fingerprint density at radius 1 is 1.69 bits per heavy atom. The van der Waals surface area contributed by atoms with Crippen LogP contribution < -0.4 is 10.4 Å². The van der Waals surface area contributed by atoms with Gasteiger partial charge in [-0.15, -0.1) is 0 Å². The Bertz CT molecular complexity index is 351. The van der Waals surface area contributed by atoms with Gasteiger partial charge < -0.3 is 4.84 Å². The molecule has 0 fully saturated rings. The predicted octanol–water partition coefficient (Wildman–Crippen LogP) is 0.240. The van der Waals surface area contributed by atoms with E-state index in [0.717, 1.165) is 4.85 Å². The van der Waals surface area contributed by atoms with Crippen LogP contribution in [0.1, 0.15) is 25.3 Å². The highest BCUT2D eigenvalue weighted by atomic mass is 16.7. The van der Waals surface area contributed by atoms with Crippen LogP contribution in [0.3, 0.4) is 0 Å². The maximum absolute atomic E-state index is 11.2. The zero-order chi connectivity index (χ0) is 9.84. The molecule has 0 saturated heterocycles. The first-order valence-corrected chi connectivity index (χ1v) is 4.13. The van der Waals surface area contributed by atoms with Crippen molar-refractivity contribution in [2.45, 2.75) is 26.7 Å². The SMILES string of the molecule is CCCC(=O)On1[nH]cc(C)c1=O. The van der Waals surface area contributed by atoms with Gasteiger partial charge in [-0.25, -0.2) is 4.79 Å². The molecule has 0 amide bonds. The molecule has 0 aliphatic carbocycles. The Kier molecular flexibility index (Phi) is 2.89. The highest BCUT2D eigenvalue weighted by Gasteiger charge is 2.06. The number of nitrogens with one attached hydrogen (secondary N) is 1. The van der Waals surface area contributed by atoms with E-state index >= 15 is 0 Å². The molecular weight excluding hydrogens is 172 g/mol. The van der Waals surface area contributed by atoms with Gasteiger partial charge in [0.15, 0.2) is 0 Å². The van der Waals surface area contributed by atoms with Gasteiger partial charge in [0.2, 0.25) is 0 Å². The number of aromatic nitrogens is 2. The first-order chi connectivity index (χ1) is 6.15. The van der Waals surface area contributed by atoms with Crippen LogP contribution in [0.5, 0.6) is 0 Å². The van der Waals surface area contributed by atoms with Crippen molar-refractivity contribution in [3.8, 4) is 0 Å². The van der Waals surface area contributed by atoms with Crippen LogP contribution in [0.25, 0.3) is 0 Å². The van der Waals surface area contributed by atoms with E-state index in [1.807, 2.05) is 6.92 Å². The molecule has 5 heteroatoms. The molecule has 5 nitrogen and oxygen atoms in total. The van der Waals surface area contributed by atoms with Crippen molar-refractivity contribution in [3.63, 3.8) is 0 Å². The van der Waals surface area contributed by atoms with E-state index in [-0.39, 0.29) is 5.56 Å². The molecule has 1 N–H and O–H groups in total. The highest BCUT2D eigenvalue weighted by Crippen LogP contribution is 1.88. The van der Waals surface area contributed by atoms with Crippen molar-refractivity contribution in [2.24, 2.45) is 0 Å². The number of hydrogen-bond acceptors (Lipinski definition) is 3. The molecule has 0 unspecified atom stereocenters. The summed E-state index contributed by atoms with van der Waals surface area (Å²) in [4.78, 5) is 27.7. The molecule has 0 bridgehead atoms. The Hall–Kier alpha value is -1.52. The van der Waals surface area contributed by atoms with E-state index in [4.69, 9.17) is 4.84 Å². The molecule has 0 saturated carbocycles. The molecule has 1 heterocycles. The molecule has 0 spiro atoms. The summed E-state index contributed by atoms with van der Waals surface area (Å²) >= 11 is 0. The largest absolute Gasteiger partial charge is 0.335 e. The zero-order valence-corrected chi connectivity index (χ0v) is 7.66. The number of H-pyrrole nitrogens is 1. The number of carbonyl (C=O) groups excluding carboxylic acids is 1. The highest BCUT2D eigenvalue weighted by molar-refractivity contribution is 5.69. The van der Waals surface area contributed by atoms with E-state index in [1.54, 1.807) is 6.92 Å². The van der Waals surface area contributed by atoms with Crippen LogP contribution in [-0.2, 0) is 4.79 Å². The Labute approximate surface area is 75.3 Å². The van der Waals surface area contributed by atoms with Crippen LogP contribution in [0.15, 0.2) is 11.0 Å². The maximum atomic E-state index is 11.2. The summed E-state index contributed by atoms with van der Waals surface area (Å²) in [5.41, 5.74) is 0.189. The third kappa shape index (κ3) is 2.21. The molecule has 72 valence electrons. The van der Waals surface area contributed by atoms with E-state index < -0.39 is 5.97 Å². The summed E-state index contributed by atoms with van der Waals surface area (Å²) in [5.74, 6) is -0.411. The first kappa shape index (κ1) is 9.57. The Balaban J connectivity index is 2.69. The van der Waals surface area contributed by atoms with E-state index in [2.05, 4.69) is 5.10 Å². The van der Waals surface area contributed by atoms with Crippen molar-refractivity contribution >= 4 is 5.97 Å². The summed E-state index contributed by atoms with van der Waals surface area (Å²) < 4.78 is 0.